The predicted molar refractivity (Wildman–Crippen MR) is 36.7 cm³/mol. The zero-order chi connectivity index (χ0) is 6.85. The van der Waals surface area contributed by atoms with E-state index in [1.165, 1.54) is 5.57 Å². The molecule has 0 atom stereocenters. The number of rotatable bonds is 0. The van der Waals surface area contributed by atoms with Crippen LogP contribution in [0.15, 0.2) is 22.8 Å². The minimum absolute atomic E-state index is 0.863. The number of nitrogens with zero attached hydrogens (tertiary/aromatic N) is 1. The lowest BCUT2D eigenvalue weighted by molar-refractivity contribution is 1.19. The van der Waals surface area contributed by atoms with Crippen molar-refractivity contribution >= 4 is 0 Å². The molecule has 0 bridgehead atoms. The highest BCUT2D eigenvalue weighted by Gasteiger charge is 2.07. The van der Waals surface area contributed by atoms with Crippen LogP contribution in [0.5, 0.6) is 0 Å². The molecule has 0 aliphatic heterocycles. The van der Waals surface area contributed by atoms with Crippen LogP contribution < -0.4 is 0 Å². The molecule has 0 saturated heterocycles. The number of hydrogen-bond donors (Lipinski definition) is 0. The first-order valence-corrected chi connectivity index (χ1v) is 3.01. The van der Waals surface area contributed by atoms with Gasteiger partial charge in [0.1, 0.15) is 0 Å². The molecule has 1 heteroatoms. The Morgan fingerprint density at radius 1 is 1.56 bits per heavy atom. The average Bonchev–Trinajstić information content (AvgIpc) is 2.10. The molecule has 0 heterocycles. The average molecular weight is 119 g/mol. The molecule has 1 aliphatic rings. The van der Waals surface area contributed by atoms with Crippen LogP contribution in [0.4, 0.5) is 0 Å². The van der Waals surface area contributed by atoms with Crippen LogP contribution in [-0.4, -0.2) is 0 Å². The molecule has 9 heavy (non-hydrogen) atoms. The fourth-order valence-electron chi connectivity index (χ4n) is 1.05. The molecule has 0 fully saturated rings. The molecule has 0 aromatic carbocycles. The van der Waals surface area contributed by atoms with Crippen molar-refractivity contribution in [1.82, 2.24) is 0 Å². The lowest BCUT2D eigenvalue weighted by Crippen LogP contribution is -1.74. The Morgan fingerprint density at radius 2 is 2.22 bits per heavy atom. The second kappa shape index (κ2) is 2.06. The Hall–Kier alpha value is -1.03. The second-order valence-electron chi connectivity index (χ2n) is 2.44. The van der Waals surface area contributed by atoms with Gasteiger partial charge in [0, 0.05) is 12.0 Å². The number of nitriles is 1. The monoisotopic (exact) mass is 119 g/mol. The fourth-order valence-corrected chi connectivity index (χ4v) is 1.05. The van der Waals surface area contributed by atoms with Gasteiger partial charge in [0.05, 0.1) is 6.07 Å². The van der Waals surface area contributed by atoms with Gasteiger partial charge in [-0.3, -0.25) is 0 Å². The van der Waals surface area contributed by atoms with Crippen LogP contribution in [0, 0.1) is 11.3 Å². The summed E-state index contributed by atoms with van der Waals surface area (Å²) in [7, 11) is 0. The van der Waals surface area contributed by atoms with Crippen LogP contribution in [0.3, 0.4) is 0 Å². The van der Waals surface area contributed by atoms with Crippen molar-refractivity contribution in [3.63, 3.8) is 0 Å². The third kappa shape index (κ3) is 1.02. The minimum atomic E-state index is 0.863. The van der Waals surface area contributed by atoms with Gasteiger partial charge in [-0.2, -0.15) is 5.26 Å². The van der Waals surface area contributed by atoms with Crippen molar-refractivity contribution < 1.29 is 0 Å². The maximum Gasteiger partial charge on any atom is 0.0953 e. The van der Waals surface area contributed by atoms with Crippen molar-refractivity contribution in [2.75, 3.05) is 0 Å². The maximum absolute atomic E-state index is 8.51. The van der Waals surface area contributed by atoms with E-state index in [0.29, 0.717) is 0 Å². The molecule has 0 radical (unpaired) electrons. The summed E-state index contributed by atoms with van der Waals surface area (Å²) in [5.74, 6) is 0. The first kappa shape index (κ1) is 6.10. The van der Waals surface area contributed by atoms with Crippen LogP contribution in [0.25, 0.3) is 0 Å². The highest BCUT2D eigenvalue weighted by molar-refractivity contribution is 5.43. The molecule has 46 valence electrons. The van der Waals surface area contributed by atoms with Crippen LogP contribution in [0.2, 0.25) is 0 Å². The van der Waals surface area contributed by atoms with Gasteiger partial charge in [0.25, 0.3) is 0 Å². The lowest BCUT2D eigenvalue weighted by atomic mass is 10.2. The molecule has 0 N–H and O–H groups in total. The van der Waals surface area contributed by atoms with Gasteiger partial charge >= 0.3 is 0 Å². The van der Waals surface area contributed by atoms with E-state index < -0.39 is 0 Å². The molecule has 0 amide bonds. The molecule has 0 saturated carbocycles. The molecule has 0 unspecified atom stereocenters. The Labute approximate surface area is 55.3 Å². The quantitative estimate of drug-likeness (QED) is 0.479. The van der Waals surface area contributed by atoms with Gasteiger partial charge in [-0.05, 0) is 19.4 Å². The molecule has 1 rings (SSSR count). The summed E-state index contributed by atoms with van der Waals surface area (Å²) in [5.41, 5.74) is 3.35. The van der Waals surface area contributed by atoms with Gasteiger partial charge < -0.3 is 0 Å². The molecule has 0 aromatic heterocycles. The number of allylic oxidation sites excluding steroid dienone is 4. The standard InChI is InChI=1S/C8H9N/c1-6-3-7(2)8(4-6)5-9/h3H,4H2,1-2H3. The Kier molecular flexibility index (Phi) is 1.40. The van der Waals surface area contributed by atoms with E-state index in [1.54, 1.807) is 0 Å². The van der Waals surface area contributed by atoms with Gasteiger partial charge in [-0.15, -0.1) is 0 Å². The lowest BCUT2D eigenvalue weighted by Gasteiger charge is -1.86. The van der Waals surface area contributed by atoms with E-state index in [2.05, 4.69) is 12.1 Å². The molecule has 1 aliphatic carbocycles. The highest BCUT2D eigenvalue weighted by Crippen LogP contribution is 2.23. The third-order valence-electron chi connectivity index (χ3n) is 1.53. The first-order valence-electron chi connectivity index (χ1n) is 3.01. The second-order valence-corrected chi connectivity index (χ2v) is 2.44. The molecular formula is C8H9N. The topological polar surface area (TPSA) is 23.8 Å². The Bertz CT molecular complexity index is 225. The number of hydrogen-bond acceptors (Lipinski definition) is 1. The smallest absolute Gasteiger partial charge is 0.0953 e. The zero-order valence-electron chi connectivity index (χ0n) is 5.73. The SMILES string of the molecule is CC1=CC(C)=C(C#N)C1. The normalized spacial score (nSPS) is 17.7. The van der Waals surface area contributed by atoms with Crippen molar-refractivity contribution in [2.24, 2.45) is 0 Å². The van der Waals surface area contributed by atoms with Crippen molar-refractivity contribution in [3.05, 3.63) is 22.8 Å². The van der Waals surface area contributed by atoms with Gasteiger partial charge in [-0.1, -0.05) is 11.6 Å². The van der Waals surface area contributed by atoms with Crippen molar-refractivity contribution in [3.8, 4) is 6.07 Å². The van der Waals surface area contributed by atoms with Crippen LogP contribution >= 0.6 is 0 Å². The fraction of sp³-hybridized carbons (Fsp3) is 0.375. The van der Waals surface area contributed by atoms with E-state index in [9.17, 15) is 0 Å². The minimum Gasteiger partial charge on any atom is -0.193 e. The van der Waals surface area contributed by atoms with Gasteiger partial charge in [0.15, 0.2) is 0 Å². The summed E-state index contributed by atoms with van der Waals surface area (Å²) in [6, 6.07) is 2.17. The van der Waals surface area contributed by atoms with E-state index >= 15 is 0 Å². The summed E-state index contributed by atoms with van der Waals surface area (Å²) < 4.78 is 0. The Balaban J connectivity index is 2.87. The molecule has 0 aromatic rings. The summed E-state index contributed by atoms with van der Waals surface area (Å²) in [5, 5.41) is 8.51. The van der Waals surface area contributed by atoms with Crippen molar-refractivity contribution in [2.45, 2.75) is 20.3 Å². The van der Waals surface area contributed by atoms with Gasteiger partial charge in [0.2, 0.25) is 0 Å². The largest absolute Gasteiger partial charge is 0.193 e. The molecule has 1 nitrogen and oxygen atoms in total. The molecular weight excluding hydrogens is 110 g/mol. The van der Waals surface area contributed by atoms with E-state index in [-0.39, 0.29) is 0 Å². The van der Waals surface area contributed by atoms with Crippen molar-refractivity contribution in [1.29, 1.82) is 5.26 Å². The maximum atomic E-state index is 8.51. The first-order chi connectivity index (χ1) is 4.24. The van der Waals surface area contributed by atoms with Crippen LogP contribution in [-0.2, 0) is 0 Å². The summed E-state index contributed by atoms with van der Waals surface area (Å²) in [4.78, 5) is 0. The summed E-state index contributed by atoms with van der Waals surface area (Å²) in [6.07, 6.45) is 2.93. The predicted octanol–water partition coefficient (Wildman–Crippen LogP) is 2.18. The van der Waals surface area contributed by atoms with E-state index in [0.717, 1.165) is 17.6 Å². The third-order valence-corrected chi connectivity index (χ3v) is 1.53. The highest BCUT2D eigenvalue weighted by atomic mass is 14.3. The molecule has 0 spiro atoms. The zero-order valence-corrected chi connectivity index (χ0v) is 5.73. The summed E-state index contributed by atoms with van der Waals surface area (Å²) in [6.45, 7) is 4.03. The summed E-state index contributed by atoms with van der Waals surface area (Å²) >= 11 is 0. The van der Waals surface area contributed by atoms with Crippen LogP contribution in [0.1, 0.15) is 20.3 Å². The van der Waals surface area contributed by atoms with Gasteiger partial charge in [-0.25, -0.2) is 0 Å². The Morgan fingerprint density at radius 3 is 2.44 bits per heavy atom. The van der Waals surface area contributed by atoms with E-state index in [4.69, 9.17) is 5.26 Å². The van der Waals surface area contributed by atoms with E-state index in [1.807, 2.05) is 13.8 Å².